The zero-order valence-corrected chi connectivity index (χ0v) is 7.17. The van der Waals surface area contributed by atoms with Gasteiger partial charge in [-0.1, -0.05) is 6.07 Å². The molecule has 1 aromatic rings. The van der Waals surface area contributed by atoms with Gasteiger partial charge in [0.1, 0.15) is 11.6 Å². The molecular weight excluding hydrogens is 150 g/mol. The second-order valence-corrected chi connectivity index (χ2v) is 3.20. The van der Waals surface area contributed by atoms with E-state index in [1.165, 1.54) is 18.4 Å². The molecule has 3 nitrogen and oxygen atoms in total. The highest BCUT2D eigenvalue weighted by atomic mass is 15.0. The third-order valence-corrected chi connectivity index (χ3v) is 2.20. The number of nitrogens with two attached hydrogens (primary N) is 1. The first kappa shape index (κ1) is 7.40. The molecule has 1 aliphatic carbocycles. The summed E-state index contributed by atoms with van der Waals surface area (Å²) in [7, 11) is 1.88. The molecule has 1 aromatic heterocycles. The van der Waals surface area contributed by atoms with E-state index >= 15 is 0 Å². The Morgan fingerprint density at radius 1 is 1.50 bits per heavy atom. The minimum Gasteiger partial charge on any atom is -0.384 e. The predicted octanol–water partition coefficient (Wildman–Crippen LogP) is 1.58. The number of nitrogens with one attached hydrogen (secondary N) is 1. The lowest BCUT2D eigenvalue weighted by atomic mass is 10.1. The van der Waals surface area contributed by atoms with Crippen LogP contribution < -0.4 is 11.1 Å². The normalized spacial score (nSPS) is 16.1. The monoisotopic (exact) mass is 163 g/mol. The minimum absolute atomic E-state index is 0.587. The molecule has 0 radical (unpaired) electrons. The van der Waals surface area contributed by atoms with Gasteiger partial charge in [0.2, 0.25) is 0 Å². The summed E-state index contributed by atoms with van der Waals surface area (Å²) >= 11 is 0. The first-order valence-corrected chi connectivity index (χ1v) is 4.25. The van der Waals surface area contributed by atoms with Crippen LogP contribution in [0.1, 0.15) is 24.3 Å². The van der Waals surface area contributed by atoms with E-state index in [0.717, 1.165) is 11.7 Å². The maximum absolute atomic E-state index is 5.57. The number of hydrogen-bond acceptors (Lipinski definition) is 3. The molecule has 1 fully saturated rings. The second kappa shape index (κ2) is 2.66. The fraction of sp³-hybridized carbons (Fsp3) is 0.444. The number of hydrogen-bond donors (Lipinski definition) is 2. The molecule has 0 aliphatic heterocycles. The third-order valence-electron chi connectivity index (χ3n) is 2.20. The van der Waals surface area contributed by atoms with E-state index in [0.29, 0.717) is 5.82 Å². The van der Waals surface area contributed by atoms with Crippen LogP contribution in [0.25, 0.3) is 0 Å². The molecule has 12 heavy (non-hydrogen) atoms. The zero-order valence-electron chi connectivity index (χ0n) is 7.17. The van der Waals surface area contributed by atoms with Crippen molar-refractivity contribution < 1.29 is 0 Å². The van der Waals surface area contributed by atoms with Crippen molar-refractivity contribution in [1.29, 1.82) is 0 Å². The van der Waals surface area contributed by atoms with Crippen molar-refractivity contribution in [3.05, 3.63) is 17.7 Å². The molecule has 0 saturated heterocycles. The maximum atomic E-state index is 5.57. The van der Waals surface area contributed by atoms with Gasteiger partial charge in [0.05, 0.1) is 0 Å². The molecule has 0 atom stereocenters. The summed E-state index contributed by atoms with van der Waals surface area (Å²) in [5.74, 6) is 2.25. The van der Waals surface area contributed by atoms with E-state index in [1.54, 1.807) is 0 Å². The second-order valence-electron chi connectivity index (χ2n) is 3.20. The quantitative estimate of drug-likeness (QED) is 0.696. The largest absolute Gasteiger partial charge is 0.384 e. The van der Waals surface area contributed by atoms with Crippen molar-refractivity contribution in [2.24, 2.45) is 0 Å². The highest BCUT2D eigenvalue weighted by molar-refractivity contribution is 5.52. The van der Waals surface area contributed by atoms with Crippen LogP contribution in [0.5, 0.6) is 0 Å². The van der Waals surface area contributed by atoms with Crippen LogP contribution in [-0.2, 0) is 0 Å². The Morgan fingerprint density at radius 2 is 2.25 bits per heavy atom. The number of nitrogen functional groups attached to an aromatic ring is 1. The number of pyridine rings is 1. The Hall–Kier alpha value is -1.25. The summed E-state index contributed by atoms with van der Waals surface area (Å²) in [4.78, 5) is 4.22. The van der Waals surface area contributed by atoms with Crippen molar-refractivity contribution >= 4 is 11.6 Å². The number of rotatable bonds is 2. The summed E-state index contributed by atoms with van der Waals surface area (Å²) in [6.07, 6.45) is 2.58. The topological polar surface area (TPSA) is 50.9 Å². The van der Waals surface area contributed by atoms with E-state index in [-0.39, 0.29) is 0 Å². The number of nitrogens with zero attached hydrogens (tertiary/aromatic N) is 1. The number of aromatic nitrogens is 1. The minimum atomic E-state index is 0.587. The molecule has 1 saturated carbocycles. The molecule has 1 heterocycles. The van der Waals surface area contributed by atoms with Gasteiger partial charge in [-0.3, -0.25) is 0 Å². The lowest BCUT2D eigenvalue weighted by Crippen LogP contribution is -2.00. The smallest absolute Gasteiger partial charge is 0.131 e. The van der Waals surface area contributed by atoms with Crippen molar-refractivity contribution in [1.82, 2.24) is 4.98 Å². The van der Waals surface area contributed by atoms with Gasteiger partial charge >= 0.3 is 0 Å². The van der Waals surface area contributed by atoms with Crippen molar-refractivity contribution in [3.63, 3.8) is 0 Å². The van der Waals surface area contributed by atoms with E-state index in [9.17, 15) is 0 Å². The molecule has 0 unspecified atom stereocenters. The first-order valence-electron chi connectivity index (χ1n) is 4.25. The van der Waals surface area contributed by atoms with Gasteiger partial charge < -0.3 is 11.1 Å². The van der Waals surface area contributed by atoms with Crippen LogP contribution in [0, 0.1) is 0 Å². The SMILES string of the molecule is CNc1nc(N)ccc1C1CC1. The molecule has 0 amide bonds. The van der Waals surface area contributed by atoms with Gasteiger partial charge in [-0.25, -0.2) is 4.98 Å². The lowest BCUT2D eigenvalue weighted by molar-refractivity contribution is 1.09. The third kappa shape index (κ3) is 1.22. The molecule has 1 aliphatic rings. The van der Waals surface area contributed by atoms with Crippen LogP contribution in [0.15, 0.2) is 12.1 Å². The van der Waals surface area contributed by atoms with Crippen molar-refractivity contribution in [2.45, 2.75) is 18.8 Å². The van der Waals surface area contributed by atoms with Crippen molar-refractivity contribution in [2.75, 3.05) is 18.1 Å². The van der Waals surface area contributed by atoms with E-state index in [1.807, 2.05) is 13.1 Å². The Kier molecular flexibility index (Phi) is 1.64. The average Bonchev–Trinajstić information content (AvgIpc) is 2.87. The van der Waals surface area contributed by atoms with Gasteiger partial charge in [-0.15, -0.1) is 0 Å². The van der Waals surface area contributed by atoms with E-state index in [2.05, 4.69) is 16.4 Å². The summed E-state index contributed by atoms with van der Waals surface area (Å²) in [6.45, 7) is 0. The Morgan fingerprint density at radius 3 is 2.83 bits per heavy atom. The zero-order chi connectivity index (χ0) is 8.55. The van der Waals surface area contributed by atoms with Crippen LogP contribution in [0.2, 0.25) is 0 Å². The molecular formula is C9H13N3. The highest BCUT2D eigenvalue weighted by Crippen LogP contribution is 2.42. The average molecular weight is 163 g/mol. The van der Waals surface area contributed by atoms with Gasteiger partial charge in [0.15, 0.2) is 0 Å². The molecule has 0 spiro atoms. The van der Waals surface area contributed by atoms with Crippen LogP contribution in [0.3, 0.4) is 0 Å². The summed E-state index contributed by atoms with van der Waals surface area (Å²) in [5.41, 5.74) is 6.88. The summed E-state index contributed by atoms with van der Waals surface area (Å²) < 4.78 is 0. The highest BCUT2D eigenvalue weighted by Gasteiger charge is 2.26. The van der Waals surface area contributed by atoms with E-state index in [4.69, 9.17) is 5.73 Å². The van der Waals surface area contributed by atoms with E-state index < -0.39 is 0 Å². The van der Waals surface area contributed by atoms with Gasteiger partial charge in [0, 0.05) is 7.05 Å². The van der Waals surface area contributed by atoms with Gasteiger partial charge in [-0.05, 0) is 30.4 Å². The standard InChI is InChI=1S/C9H13N3/c1-11-9-7(6-2-3-6)4-5-8(10)12-9/h4-6H,2-3H2,1H3,(H3,10,11,12). The van der Waals surface area contributed by atoms with Crippen LogP contribution >= 0.6 is 0 Å². The molecule has 3 heteroatoms. The Bertz CT molecular complexity index is 292. The molecule has 64 valence electrons. The predicted molar refractivity (Wildman–Crippen MR) is 50.2 cm³/mol. The molecule has 2 rings (SSSR count). The fourth-order valence-electron chi connectivity index (χ4n) is 1.41. The molecule has 0 bridgehead atoms. The first-order chi connectivity index (χ1) is 5.81. The number of anilines is 2. The van der Waals surface area contributed by atoms with Crippen LogP contribution in [-0.4, -0.2) is 12.0 Å². The van der Waals surface area contributed by atoms with Gasteiger partial charge in [-0.2, -0.15) is 0 Å². The lowest BCUT2D eigenvalue weighted by Gasteiger charge is -2.06. The molecule has 3 N–H and O–H groups in total. The van der Waals surface area contributed by atoms with Crippen LogP contribution in [0.4, 0.5) is 11.6 Å². The summed E-state index contributed by atoms with van der Waals surface area (Å²) in [5, 5.41) is 3.07. The van der Waals surface area contributed by atoms with Crippen molar-refractivity contribution in [3.8, 4) is 0 Å². The maximum Gasteiger partial charge on any atom is 0.131 e. The summed E-state index contributed by atoms with van der Waals surface area (Å²) in [6, 6.07) is 3.94. The Labute approximate surface area is 72.0 Å². The Balaban J connectivity index is 2.38. The van der Waals surface area contributed by atoms with Gasteiger partial charge in [0.25, 0.3) is 0 Å². The fourth-order valence-corrected chi connectivity index (χ4v) is 1.41. The molecule has 0 aromatic carbocycles.